The summed E-state index contributed by atoms with van der Waals surface area (Å²) >= 11 is 0. The van der Waals surface area contributed by atoms with Gasteiger partial charge in [0, 0.05) is 0 Å². The molecule has 0 aromatic heterocycles. The maximum atomic E-state index is 12.9. The second-order valence-corrected chi connectivity index (χ2v) is 5.95. The summed E-state index contributed by atoms with van der Waals surface area (Å²) in [5, 5.41) is 0. The minimum Gasteiger partial charge on any atom is -0.495 e. The first-order valence-corrected chi connectivity index (χ1v) is 7.56. The molecule has 0 bridgehead atoms. The Bertz CT molecular complexity index is 773. The third kappa shape index (κ3) is 3.33. The maximum Gasteiger partial charge on any atom is 0.417 e. The molecule has 0 fully saturated rings. The zero-order chi connectivity index (χ0) is 16.4. The van der Waals surface area contributed by atoms with Crippen LogP contribution in [0.4, 0.5) is 18.9 Å². The van der Waals surface area contributed by atoms with Crippen LogP contribution in [0.3, 0.4) is 0 Å². The van der Waals surface area contributed by atoms with Crippen molar-refractivity contribution in [3.8, 4) is 5.75 Å². The number of anilines is 1. The lowest BCUT2D eigenvalue weighted by molar-refractivity contribution is -0.139. The van der Waals surface area contributed by atoms with E-state index in [9.17, 15) is 21.6 Å². The van der Waals surface area contributed by atoms with Gasteiger partial charge in [0.25, 0.3) is 10.0 Å². The zero-order valence-corrected chi connectivity index (χ0v) is 12.2. The molecule has 0 amide bonds. The van der Waals surface area contributed by atoms with Crippen molar-refractivity contribution >= 4 is 15.7 Å². The molecule has 1 N–H and O–H groups in total. The highest BCUT2D eigenvalue weighted by molar-refractivity contribution is 7.92. The van der Waals surface area contributed by atoms with Crippen molar-refractivity contribution in [3.63, 3.8) is 0 Å². The first kappa shape index (κ1) is 16.2. The number of para-hydroxylation sites is 2. The molecule has 4 nitrogen and oxygen atoms in total. The van der Waals surface area contributed by atoms with Gasteiger partial charge in [0.15, 0.2) is 0 Å². The number of nitrogens with one attached hydrogen (secondary N) is 1. The Hall–Kier alpha value is -2.22. The van der Waals surface area contributed by atoms with E-state index in [2.05, 4.69) is 4.72 Å². The number of benzene rings is 2. The average Bonchev–Trinajstić information content (AvgIpc) is 2.46. The molecule has 0 saturated heterocycles. The van der Waals surface area contributed by atoms with Crippen LogP contribution < -0.4 is 9.46 Å². The van der Waals surface area contributed by atoms with E-state index in [1.807, 2.05) is 0 Å². The molecule has 0 saturated carbocycles. The number of rotatable bonds is 4. The largest absolute Gasteiger partial charge is 0.495 e. The fourth-order valence-corrected chi connectivity index (χ4v) is 3.16. The Morgan fingerprint density at radius 1 is 1.00 bits per heavy atom. The number of halogens is 3. The van der Waals surface area contributed by atoms with Crippen molar-refractivity contribution in [3.05, 3.63) is 54.1 Å². The molecule has 0 radical (unpaired) electrons. The summed E-state index contributed by atoms with van der Waals surface area (Å²) in [5.41, 5.74) is -1.17. The summed E-state index contributed by atoms with van der Waals surface area (Å²) < 4.78 is 70.5. The van der Waals surface area contributed by atoms with Crippen LogP contribution in [0.1, 0.15) is 5.56 Å². The molecule has 2 rings (SSSR count). The van der Waals surface area contributed by atoms with Gasteiger partial charge in [-0.05, 0) is 24.3 Å². The lowest BCUT2D eigenvalue weighted by Gasteiger charge is -2.15. The summed E-state index contributed by atoms with van der Waals surface area (Å²) in [7, 11) is -3.08. The van der Waals surface area contributed by atoms with Crippen LogP contribution >= 0.6 is 0 Å². The van der Waals surface area contributed by atoms with E-state index < -0.39 is 26.7 Å². The number of hydrogen-bond donors (Lipinski definition) is 1. The first-order chi connectivity index (χ1) is 10.3. The van der Waals surface area contributed by atoms with Gasteiger partial charge in [-0.3, -0.25) is 4.72 Å². The van der Waals surface area contributed by atoms with E-state index >= 15 is 0 Å². The van der Waals surface area contributed by atoms with Gasteiger partial charge >= 0.3 is 6.18 Å². The van der Waals surface area contributed by atoms with Gasteiger partial charge < -0.3 is 4.74 Å². The van der Waals surface area contributed by atoms with Gasteiger partial charge in [-0.1, -0.05) is 24.3 Å². The van der Waals surface area contributed by atoms with Crippen LogP contribution in [0, 0.1) is 0 Å². The number of sulfonamides is 1. The second-order valence-electron chi connectivity index (χ2n) is 4.30. The Morgan fingerprint density at radius 3 is 2.23 bits per heavy atom. The molecule has 22 heavy (non-hydrogen) atoms. The normalized spacial score (nSPS) is 12.0. The van der Waals surface area contributed by atoms with Gasteiger partial charge in [-0.15, -0.1) is 0 Å². The van der Waals surface area contributed by atoms with Crippen molar-refractivity contribution in [1.29, 1.82) is 0 Å². The molecule has 8 heteroatoms. The van der Waals surface area contributed by atoms with Crippen molar-refractivity contribution in [2.45, 2.75) is 11.1 Å². The molecule has 118 valence electrons. The van der Waals surface area contributed by atoms with Crippen LogP contribution in [-0.4, -0.2) is 15.5 Å². The maximum absolute atomic E-state index is 12.9. The highest BCUT2D eigenvalue weighted by Gasteiger charge is 2.37. The Balaban J connectivity index is 2.49. The van der Waals surface area contributed by atoms with E-state index in [1.165, 1.54) is 31.4 Å². The topological polar surface area (TPSA) is 55.4 Å². The lowest BCUT2D eigenvalue weighted by atomic mass is 10.2. The third-order valence-corrected chi connectivity index (χ3v) is 4.26. The molecule has 0 aliphatic heterocycles. The standard InChI is InChI=1S/C14H12F3NO3S/c1-21-12-8-4-3-7-11(12)18-22(19,20)13-9-5-2-6-10(13)14(15,16)17/h2-9,18H,1H3. The number of ether oxygens (including phenoxy) is 1. The van der Waals surface area contributed by atoms with Crippen molar-refractivity contribution in [2.24, 2.45) is 0 Å². The predicted octanol–water partition coefficient (Wildman–Crippen LogP) is 3.51. The van der Waals surface area contributed by atoms with Gasteiger partial charge in [-0.2, -0.15) is 13.2 Å². The van der Waals surface area contributed by atoms with E-state index in [-0.39, 0.29) is 11.4 Å². The van der Waals surface area contributed by atoms with Gasteiger partial charge in [0.1, 0.15) is 5.75 Å². The van der Waals surface area contributed by atoms with Crippen LogP contribution in [0.25, 0.3) is 0 Å². The monoisotopic (exact) mass is 331 g/mol. The highest BCUT2D eigenvalue weighted by Crippen LogP contribution is 2.35. The van der Waals surface area contributed by atoms with E-state index in [1.54, 1.807) is 6.07 Å². The van der Waals surface area contributed by atoms with Gasteiger partial charge in [0.2, 0.25) is 0 Å². The summed E-state index contributed by atoms with van der Waals surface area (Å²) in [6, 6.07) is 10.0. The molecule has 0 aliphatic carbocycles. The summed E-state index contributed by atoms with van der Waals surface area (Å²) in [6.45, 7) is 0. The van der Waals surface area contributed by atoms with E-state index in [4.69, 9.17) is 4.74 Å². The second kappa shape index (κ2) is 5.88. The molecular weight excluding hydrogens is 319 g/mol. The van der Waals surface area contributed by atoms with Gasteiger partial charge in [0.05, 0.1) is 23.3 Å². The highest BCUT2D eigenvalue weighted by atomic mass is 32.2. The quantitative estimate of drug-likeness (QED) is 0.933. The minimum absolute atomic E-state index is 0.0574. The van der Waals surface area contributed by atoms with Crippen molar-refractivity contribution in [1.82, 2.24) is 0 Å². The molecule has 0 spiro atoms. The summed E-state index contributed by atoms with van der Waals surface area (Å²) in [6.07, 6.45) is -4.77. The Kier molecular flexibility index (Phi) is 4.32. The van der Waals surface area contributed by atoms with Gasteiger partial charge in [-0.25, -0.2) is 8.42 Å². The average molecular weight is 331 g/mol. The summed E-state index contributed by atoms with van der Waals surface area (Å²) in [4.78, 5) is -0.839. The predicted molar refractivity (Wildman–Crippen MR) is 75.2 cm³/mol. The zero-order valence-electron chi connectivity index (χ0n) is 11.4. The SMILES string of the molecule is COc1ccccc1NS(=O)(=O)c1ccccc1C(F)(F)F. The smallest absolute Gasteiger partial charge is 0.417 e. The third-order valence-electron chi connectivity index (χ3n) is 2.83. The molecule has 0 heterocycles. The molecule has 0 unspecified atom stereocenters. The molecule has 0 atom stereocenters. The van der Waals surface area contributed by atoms with E-state index in [0.29, 0.717) is 0 Å². The molecule has 0 aliphatic rings. The first-order valence-electron chi connectivity index (χ1n) is 6.08. The van der Waals surface area contributed by atoms with Crippen LogP contribution in [0.2, 0.25) is 0 Å². The van der Waals surface area contributed by atoms with Crippen molar-refractivity contribution < 1.29 is 26.3 Å². The number of hydrogen-bond acceptors (Lipinski definition) is 3. The summed E-state index contributed by atoms with van der Waals surface area (Å²) in [5.74, 6) is 0.204. The fourth-order valence-electron chi connectivity index (χ4n) is 1.86. The Labute approximate surface area is 125 Å². The van der Waals surface area contributed by atoms with Crippen molar-refractivity contribution in [2.75, 3.05) is 11.8 Å². The van der Waals surface area contributed by atoms with Crippen LogP contribution in [-0.2, 0) is 16.2 Å². The molecular formula is C14H12F3NO3S. The number of methoxy groups -OCH3 is 1. The minimum atomic E-state index is -4.77. The number of alkyl halides is 3. The fraction of sp³-hybridized carbons (Fsp3) is 0.143. The Morgan fingerprint density at radius 2 is 1.59 bits per heavy atom. The van der Waals surface area contributed by atoms with E-state index in [0.717, 1.165) is 18.2 Å². The van der Waals surface area contributed by atoms with Crippen LogP contribution in [0.5, 0.6) is 5.75 Å². The molecule has 2 aromatic rings. The van der Waals surface area contributed by atoms with Crippen LogP contribution in [0.15, 0.2) is 53.4 Å². The molecule has 2 aromatic carbocycles. The lowest BCUT2D eigenvalue weighted by Crippen LogP contribution is -2.19.